The van der Waals surface area contributed by atoms with Crippen LogP contribution in [0.15, 0.2) is 6.20 Å². The Bertz CT molecular complexity index is 425. The smallest absolute Gasteiger partial charge is 0.273 e. The number of rotatable bonds is 5. The zero-order valence-corrected chi connectivity index (χ0v) is 10.9. The van der Waals surface area contributed by atoms with Crippen LogP contribution < -0.4 is 10.6 Å². The molecule has 1 fully saturated rings. The molecule has 1 aromatic rings. The van der Waals surface area contributed by atoms with Crippen molar-refractivity contribution in [2.24, 2.45) is 0 Å². The van der Waals surface area contributed by atoms with E-state index in [4.69, 9.17) is 4.74 Å². The van der Waals surface area contributed by atoms with Crippen LogP contribution in [0.1, 0.15) is 30.4 Å². The summed E-state index contributed by atoms with van der Waals surface area (Å²) in [6.45, 7) is 5.99. The van der Waals surface area contributed by atoms with Crippen molar-refractivity contribution in [3.05, 3.63) is 11.9 Å². The summed E-state index contributed by atoms with van der Waals surface area (Å²) in [5, 5.41) is 13.9. The zero-order chi connectivity index (χ0) is 13.2. The van der Waals surface area contributed by atoms with Crippen LogP contribution in [0, 0.1) is 0 Å². The van der Waals surface area contributed by atoms with E-state index in [0.29, 0.717) is 18.3 Å². The van der Waals surface area contributed by atoms with Crippen LogP contribution >= 0.6 is 0 Å². The summed E-state index contributed by atoms with van der Waals surface area (Å²) in [4.78, 5) is 12.0. The first-order chi connectivity index (χ1) is 8.52. The standard InChI is InChI=1S/C11H19N5O2/c1-11(2,7-18-3)13-10(17)9-6-16(15-14-9)8-4-12-5-8/h6,8,12H,4-5,7H2,1-3H3,(H,13,17). The van der Waals surface area contributed by atoms with Crippen molar-refractivity contribution in [2.45, 2.75) is 25.4 Å². The molecular formula is C11H19N5O2. The Labute approximate surface area is 106 Å². The van der Waals surface area contributed by atoms with Crippen LogP contribution in [-0.4, -0.2) is 53.2 Å². The normalized spacial score (nSPS) is 16.4. The van der Waals surface area contributed by atoms with Gasteiger partial charge in [-0.2, -0.15) is 0 Å². The Kier molecular flexibility index (Phi) is 3.63. The predicted octanol–water partition coefficient (Wildman–Crippen LogP) is -0.423. The molecule has 2 rings (SSSR count). The fourth-order valence-corrected chi connectivity index (χ4v) is 1.79. The zero-order valence-electron chi connectivity index (χ0n) is 10.9. The minimum Gasteiger partial charge on any atom is -0.382 e. The summed E-state index contributed by atoms with van der Waals surface area (Å²) >= 11 is 0. The summed E-state index contributed by atoms with van der Waals surface area (Å²) in [6, 6.07) is 0.311. The molecule has 7 nitrogen and oxygen atoms in total. The second-order valence-corrected chi connectivity index (χ2v) is 5.17. The molecule has 0 unspecified atom stereocenters. The molecule has 0 spiro atoms. The second kappa shape index (κ2) is 5.03. The van der Waals surface area contributed by atoms with Gasteiger partial charge >= 0.3 is 0 Å². The van der Waals surface area contributed by atoms with Crippen LogP contribution in [0.25, 0.3) is 0 Å². The van der Waals surface area contributed by atoms with Crippen LogP contribution in [0.5, 0.6) is 0 Å². The van der Waals surface area contributed by atoms with Crippen LogP contribution in [0.3, 0.4) is 0 Å². The lowest BCUT2D eigenvalue weighted by atomic mass is 10.1. The molecule has 18 heavy (non-hydrogen) atoms. The van der Waals surface area contributed by atoms with Crippen molar-refractivity contribution < 1.29 is 9.53 Å². The number of methoxy groups -OCH3 is 1. The Morgan fingerprint density at radius 2 is 2.39 bits per heavy atom. The summed E-state index contributed by atoms with van der Waals surface area (Å²) in [6.07, 6.45) is 1.68. The van der Waals surface area contributed by atoms with Gasteiger partial charge < -0.3 is 15.4 Å². The number of aromatic nitrogens is 3. The third-order valence-corrected chi connectivity index (χ3v) is 2.83. The van der Waals surface area contributed by atoms with E-state index in [1.54, 1.807) is 18.0 Å². The first-order valence-electron chi connectivity index (χ1n) is 5.96. The van der Waals surface area contributed by atoms with Crippen LogP contribution in [0.4, 0.5) is 0 Å². The van der Waals surface area contributed by atoms with E-state index in [1.165, 1.54) is 0 Å². The molecule has 0 bridgehead atoms. The van der Waals surface area contributed by atoms with Gasteiger partial charge in [0.05, 0.1) is 24.4 Å². The molecule has 7 heteroatoms. The van der Waals surface area contributed by atoms with Gasteiger partial charge in [-0.1, -0.05) is 5.21 Å². The Morgan fingerprint density at radius 1 is 1.67 bits per heavy atom. The van der Waals surface area contributed by atoms with Crippen molar-refractivity contribution in [3.63, 3.8) is 0 Å². The van der Waals surface area contributed by atoms with Gasteiger partial charge in [0.25, 0.3) is 5.91 Å². The lowest BCUT2D eigenvalue weighted by Gasteiger charge is -2.26. The predicted molar refractivity (Wildman–Crippen MR) is 65.3 cm³/mol. The van der Waals surface area contributed by atoms with Crippen molar-refractivity contribution in [1.29, 1.82) is 0 Å². The van der Waals surface area contributed by atoms with Crippen molar-refractivity contribution in [3.8, 4) is 0 Å². The van der Waals surface area contributed by atoms with Gasteiger partial charge in [0.2, 0.25) is 0 Å². The van der Waals surface area contributed by atoms with Gasteiger partial charge in [-0.15, -0.1) is 5.10 Å². The number of hydrogen-bond acceptors (Lipinski definition) is 5. The number of carbonyl (C=O) groups is 1. The van der Waals surface area contributed by atoms with Crippen LogP contribution in [0.2, 0.25) is 0 Å². The highest BCUT2D eigenvalue weighted by Gasteiger charge is 2.25. The average molecular weight is 253 g/mol. The molecule has 0 aromatic carbocycles. The largest absolute Gasteiger partial charge is 0.382 e. The molecule has 0 saturated carbocycles. The fourth-order valence-electron chi connectivity index (χ4n) is 1.79. The lowest BCUT2D eigenvalue weighted by Crippen LogP contribution is -2.47. The molecule has 1 saturated heterocycles. The first-order valence-corrected chi connectivity index (χ1v) is 5.96. The van der Waals surface area contributed by atoms with E-state index in [9.17, 15) is 4.79 Å². The molecule has 2 heterocycles. The van der Waals surface area contributed by atoms with Gasteiger partial charge in [0, 0.05) is 20.2 Å². The molecule has 1 amide bonds. The van der Waals surface area contributed by atoms with E-state index >= 15 is 0 Å². The quantitative estimate of drug-likeness (QED) is 0.744. The number of ether oxygens (including phenoxy) is 1. The number of nitrogens with zero attached hydrogens (tertiary/aromatic N) is 3. The molecule has 1 aliphatic rings. The number of nitrogens with one attached hydrogen (secondary N) is 2. The minimum atomic E-state index is -0.423. The first kappa shape index (κ1) is 13.0. The summed E-state index contributed by atoms with van der Waals surface area (Å²) in [7, 11) is 1.60. The van der Waals surface area contributed by atoms with Gasteiger partial charge in [-0.25, -0.2) is 4.68 Å². The van der Waals surface area contributed by atoms with Gasteiger partial charge in [0.1, 0.15) is 0 Å². The maximum absolute atomic E-state index is 12.0. The molecule has 1 aromatic heterocycles. The second-order valence-electron chi connectivity index (χ2n) is 5.17. The average Bonchev–Trinajstić information content (AvgIpc) is 2.63. The summed E-state index contributed by atoms with van der Waals surface area (Å²) < 4.78 is 6.78. The summed E-state index contributed by atoms with van der Waals surface area (Å²) in [5.74, 6) is -0.226. The van der Waals surface area contributed by atoms with Crippen molar-refractivity contribution >= 4 is 5.91 Å². The topological polar surface area (TPSA) is 81.1 Å². The van der Waals surface area contributed by atoms with Crippen molar-refractivity contribution in [1.82, 2.24) is 25.6 Å². The highest BCUT2D eigenvalue weighted by molar-refractivity contribution is 5.92. The Morgan fingerprint density at radius 3 is 2.94 bits per heavy atom. The van der Waals surface area contributed by atoms with E-state index in [1.807, 2.05) is 13.8 Å². The fraction of sp³-hybridized carbons (Fsp3) is 0.727. The van der Waals surface area contributed by atoms with Gasteiger partial charge in [-0.3, -0.25) is 4.79 Å². The maximum Gasteiger partial charge on any atom is 0.273 e. The lowest BCUT2D eigenvalue weighted by molar-refractivity contribution is 0.0815. The van der Waals surface area contributed by atoms with E-state index < -0.39 is 5.54 Å². The highest BCUT2D eigenvalue weighted by Crippen LogP contribution is 2.10. The van der Waals surface area contributed by atoms with Gasteiger partial charge in [-0.05, 0) is 13.8 Å². The summed E-state index contributed by atoms with van der Waals surface area (Å²) in [5.41, 5.74) is -0.0840. The molecule has 0 atom stereocenters. The van der Waals surface area contributed by atoms with E-state index in [2.05, 4.69) is 20.9 Å². The third-order valence-electron chi connectivity index (χ3n) is 2.83. The van der Waals surface area contributed by atoms with Crippen molar-refractivity contribution in [2.75, 3.05) is 26.8 Å². The third kappa shape index (κ3) is 2.85. The van der Waals surface area contributed by atoms with E-state index in [-0.39, 0.29) is 5.91 Å². The van der Waals surface area contributed by atoms with Gasteiger partial charge in [0.15, 0.2) is 5.69 Å². The van der Waals surface area contributed by atoms with Crippen LogP contribution in [-0.2, 0) is 4.74 Å². The highest BCUT2D eigenvalue weighted by atomic mass is 16.5. The Hall–Kier alpha value is -1.47. The molecule has 1 aliphatic heterocycles. The molecular weight excluding hydrogens is 234 g/mol. The maximum atomic E-state index is 12.0. The minimum absolute atomic E-state index is 0.226. The molecule has 2 N–H and O–H groups in total. The number of hydrogen-bond donors (Lipinski definition) is 2. The number of amides is 1. The molecule has 100 valence electrons. The SMILES string of the molecule is COCC(C)(C)NC(=O)c1cn(C2CNC2)nn1. The van der Waals surface area contributed by atoms with E-state index in [0.717, 1.165) is 13.1 Å². The Balaban J connectivity index is 1.98. The molecule has 0 radical (unpaired) electrons. The number of carbonyl (C=O) groups excluding carboxylic acids is 1. The molecule has 0 aliphatic carbocycles. The monoisotopic (exact) mass is 253 g/mol.